The molecule has 0 radical (unpaired) electrons. The minimum atomic E-state index is -4.24. The average molecular weight is 269 g/mol. The molecule has 1 aromatic rings. The highest BCUT2D eigenvalue weighted by Gasteiger charge is 2.26. The highest BCUT2D eigenvalue weighted by molar-refractivity contribution is 7.91. The molecule has 8 heteroatoms. The Bertz CT molecular complexity index is 524. The smallest absolute Gasteiger partial charge is 0.205 e. The van der Waals surface area contributed by atoms with Gasteiger partial charge in [0.25, 0.3) is 10.0 Å². The summed E-state index contributed by atoms with van der Waals surface area (Å²) in [4.78, 5) is -0.574. The molecule has 0 aliphatic rings. The van der Waals surface area contributed by atoms with Crippen LogP contribution in [0.5, 0.6) is 0 Å². The van der Waals surface area contributed by atoms with Crippen molar-refractivity contribution in [2.45, 2.75) is 4.90 Å². The number of halogens is 3. The molecular weight excluding hydrogens is 266 g/mol. The fourth-order valence-electron chi connectivity index (χ4n) is 0.902. The monoisotopic (exact) mass is 268 g/mol. The third-order valence-corrected chi connectivity index (χ3v) is 3.90. The Balaban J connectivity index is 3.54. The van der Waals surface area contributed by atoms with E-state index in [2.05, 4.69) is 0 Å². The van der Waals surface area contributed by atoms with Crippen LogP contribution in [0.2, 0.25) is 0 Å². The van der Waals surface area contributed by atoms with Gasteiger partial charge in [0.05, 0.1) is 0 Å². The van der Waals surface area contributed by atoms with Gasteiger partial charge in [0, 0.05) is 23.6 Å². The number of rotatable bonds is 2. The molecule has 0 heterocycles. The molecule has 0 saturated carbocycles. The molecule has 4 nitrogen and oxygen atoms in total. The Hall–Kier alpha value is -0.870. The van der Waals surface area contributed by atoms with Gasteiger partial charge >= 0.3 is 0 Å². The van der Waals surface area contributed by atoms with E-state index in [0.717, 1.165) is 18.2 Å². The van der Waals surface area contributed by atoms with Crippen molar-refractivity contribution in [3.05, 3.63) is 29.6 Å². The first-order valence-corrected chi connectivity index (χ1v) is 5.58. The maximum atomic E-state index is 13.1. The van der Waals surface area contributed by atoms with Gasteiger partial charge in [-0.15, -0.1) is 0 Å². The average Bonchev–Trinajstić information content (AvgIpc) is 2.17. The highest BCUT2D eigenvalue weighted by Crippen LogP contribution is 2.24. The molecule has 0 aromatic heterocycles. The summed E-state index contributed by atoms with van der Waals surface area (Å²) in [5.41, 5.74) is -0.621. The second-order valence-corrected chi connectivity index (χ2v) is 5.41. The van der Waals surface area contributed by atoms with Crippen LogP contribution in [0.3, 0.4) is 0 Å². The quantitative estimate of drug-likeness (QED) is 0.771. The maximum absolute atomic E-state index is 13.1. The predicted molar refractivity (Wildman–Crippen MR) is 51.8 cm³/mol. The normalized spacial score (nSPS) is 11.4. The van der Waals surface area contributed by atoms with Crippen molar-refractivity contribution >= 4 is 33.6 Å². The summed E-state index contributed by atoms with van der Waals surface area (Å²) in [6.07, 6.45) is 0. The minimum absolute atomic E-state index is 0.122. The largest absolute Gasteiger partial charge is 0.271 e. The van der Waals surface area contributed by atoms with E-state index in [-0.39, 0.29) is 3.34 Å². The molecule has 0 fully saturated rings. The number of sulfonamides is 1. The Labute approximate surface area is 95.7 Å². The summed E-state index contributed by atoms with van der Waals surface area (Å²) in [6, 6.07) is 4.57. The van der Waals surface area contributed by atoms with Crippen molar-refractivity contribution in [2.24, 2.45) is 0 Å². The molecule has 1 aromatic carbocycles. The lowest BCUT2D eigenvalue weighted by molar-refractivity contribution is 0.574. The lowest BCUT2D eigenvalue weighted by Crippen LogP contribution is -2.14. The number of nitriles is 1. The van der Waals surface area contributed by atoms with Gasteiger partial charge in [-0.25, -0.2) is 12.8 Å². The van der Waals surface area contributed by atoms with Crippen LogP contribution in [0, 0.1) is 17.1 Å². The zero-order chi connectivity index (χ0) is 11.6. The second-order valence-electron chi connectivity index (χ2n) is 2.40. The maximum Gasteiger partial charge on any atom is 0.271 e. The van der Waals surface area contributed by atoms with Crippen molar-refractivity contribution in [1.29, 1.82) is 5.26 Å². The van der Waals surface area contributed by atoms with Gasteiger partial charge in [0.1, 0.15) is 22.3 Å². The molecule has 0 atom stereocenters. The summed E-state index contributed by atoms with van der Waals surface area (Å²) >= 11 is 10.1. The topological polar surface area (TPSA) is 61.2 Å². The van der Waals surface area contributed by atoms with E-state index in [1.165, 1.54) is 6.07 Å². The van der Waals surface area contributed by atoms with Crippen molar-refractivity contribution in [1.82, 2.24) is 3.34 Å². The van der Waals surface area contributed by atoms with E-state index in [1.54, 1.807) is 0 Å². The van der Waals surface area contributed by atoms with Gasteiger partial charge in [-0.2, -0.15) is 5.26 Å². The van der Waals surface area contributed by atoms with Crippen molar-refractivity contribution in [2.75, 3.05) is 0 Å². The SMILES string of the molecule is N#Cc1c(F)cccc1S(=O)(=O)N(Cl)Cl. The molecular formula is C7H3Cl2FN2O2S. The van der Waals surface area contributed by atoms with Crippen molar-refractivity contribution in [3.63, 3.8) is 0 Å². The van der Waals surface area contributed by atoms with E-state index >= 15 is 0 Å². The number of hydrogen-bond acceptors (Lipinski definition) is 3. The third-order valence-electron chi connectivity index (χ3n) is 1.55. The molecule has 15 heavy (non-hydrogen) atoms. The first kappa shape index (κ1) is 12.2. The van der Waals surface area contributed by atoms with Crippen LogP contribution in [0.4, 0.5) is 4.39 Å². The number of nitrogens with zero attached hydrogens (tertiary/aromatic N) is 2. The third kappa shape index (κ3) is 2.21. The van der Waals surface area contributed by atoms with Crippen molar-refractivity contribution < 1.29 is 12.8 Å². The van der Waals surface area contributed by atoms with E-state index < -0.39 is 26.3 Å². The highest BCUT2D eigenvalue weighted by atomic mass is 35.5. The standard InChI is InChI=1S/C7H3Cl2FN2O2S/c8-12(9)15(13,14)7-3-1-2-6(10)5(7)4-11/h1-3H. The number of benzene rings is 1. The molecule has 1 rings (SSSR count). The lowest BCUT2D eigenvalue weighted by Gasteiger charge is -2.07. The van der Waals surface area contributed by atoms with Crippen LogP contribution in [-0.2, 0) is 10.0 Å². The molecule has 0 bridgehead atoms. The summed E-state index contributed by atoms with van der Waals surface area (Å²) in [5.74, 6) is -0.950. The molecule has 0 aliphatic heterocycles. The van der Waals surface area contributed by atoms with Gasteiger partial charge in [0.2, 0.25) is 0 Å². The first-order valence-electron chi connectivity index (χ1n) is 3.46. The van der Waals surface area contributed by atoms with E-state index in [4.69, 9.17) is 28.8 Å². The van der Waals surface area contributed by atoms with E-state index in [1.807, 2.05) is 0 Å². The molecule has 0 unspecified atom stereocenters. The van der Waals surface area contributed by atoms with E-state index in [9.17, 15) is 12.8 Å². The summed E-state index contributed by atoms with van der Waals surface area (Å²) in [6.45, 7) is 0. The van der Waals surface area contributed by atoms with Gasteiger partial charge in [-0.05, 0) is 15.5 Å². The minimum Gasteiger partial charge on any atom is -0.205 e. The molecule has 0 saturated heterocycles. The first-order chi connectivity index (χ1) is 6.91. The summed E-state index contributed by atoms with van der Waals surface area (Å²) < 4.78 is 35.7. The van der Waals surface area contributed by atoms with Crippen LogP contribution >= 0.6 is 23.6 Å². The predicted octanol–water partition coefficient (Wildman–Crippen LogP) is 2.00. The summed E-state index contributed by atoms with van der Waals surface area (Å²) in [5, 5.41) is 8.59. The fraction of sp³-hybridized carbons (Fsp3) is 0. The molecule has 80 valence electrons. The van der Waals surface area contributed by atoms with Gasteiger partial charge in [0.15, 0.2) is 0 Å². The molecule has 0 aliphatic carbocycles. The molecule has 0 N–H and O–H groups in total. The fourth-order valence-corrected chi connectivity index (χ4v) is 2.15. The molecule has 0 amide bonds. The van der Waals surface area contributed by atoms with Crippen LogP contribution in [0.15, 0.2) is 23.1 Å². The zero-order valence-corrected chi connectivity index (χ0v) is 9.31. The Morgan fingerprint density at radius 2 is 2.00 bits per heavy atom. The zero-order valence-electron chi connectivity index (χ0n) is 6.99. The van der Waals surface area contributed by atoms with Crippen LogP contribution in [0.25, 0.3) is 0 Å². The van der Waals surface area contributed by atoms with Gasteiger partial charge in [-0.1, -0.05) is 6.07 Å². The van der Waals surface area contributed by atoms with Crippen LogP contribution in [0.1, 0.15) is 5.56 Å². The van der Waals surface area contributed by atoms with Gasteiger partial charge in [-0.3, -0.25) is 0 Å². The second kappa shape index (κ2) is 4.33. The Kier molecular flexibility index (Phi) is 3.52. The van der Waals surface area contributed by atoms with E-state index in [0.29, 0.717) is 0 Å². The van der Waals surface area contributed by atoms with Crippen molar-refractivity contribution in [3.8, 4) is 6.07 Å². The number of hydrogen-bond donors (Lipinski definition) is 0. The Morgan fingerprint density at radius 1 is 1.40 bits per heavy atom. The van der Waals surface area contributed by atoms with Gasteiger partial charge < -0.3 is 0 Å². The summed E-state index contributed by atoms with van der Waals surface area (Å²) in [7, 11) is -4.24. The lowest BCUT2D eigenvalue weighted by atomic mass is 10.2. The Morgan fingerprint density at radius 3 is 2.47 bits per heavy atom. The van der Waals surface area contributed by atoms with Crippen LogP contribution < -0.4 is 0 Å². The van der Waals surface area contributed by atoms with Crippen LogP contribution in [-0.4, -0.2) is 11.8 Å². The molecule has 0 spiro atoms.